The Hall–Kier alpha value is -2.28. The summed E-state index contributed by atoms with van der Waals surface area (Å²) >= 11 is 0. The minimum Gasteiger partial charge on any atom is -0.383 e. The second-order valence-corrected chi connectivity index (χ2v) is 11.9. The second-order valence-electron chi connectivity index (χ2n) is 11.9. The average Bonchev–Trinajstić information content (AvgIpc) is 3.30. The summed E-state index contributed by atoms with van der Waals surface area (Å²) < 4.78 is 5.27. The van der Waals surface area contributed by atoms with Gasteiger partial charge in [-0.05, 0) is 73.8 Å². The number of carbonyl (C=O) groups is 1. The fraction of sp³-hybridized carbons (Fsp3) is 0.600. The van der Waals surface area contributed by atoms with Gasteiger partial charge in [-0.15, -0.1) is 0 Å². The van der Waals surface area contributed by atoms with Crippen LogP contribution in [0.15, 0.2) is 30.5 Å². The molecule has 1 aromatic carbocycles. The molecule has 0 amide bonds. The van der Waals surface area contributed by atoms with Crippen molar-refractivity contribution in [1.82, 2.24) is 19.8 Å². The number of hydrogen-bond acceptors (Lipinski definition) is 5. The van der Waals surface area contributed by atoms with E-state index in [9.17, 15) is 4.79 Å². The van der Waals surface area contributed by atoms with Gasteiger partial charge in [0.2, 0.25) is 5.78 Å². The van der Waals surface area contributed by atoms with E-state index in [2.05, 4.69) is 71.7 Å². The standard InChI is InChI=1S/C30H44N4O2/c1-22-21-31-28(32-22)27(35)19-24-7-8-25(20-26(24)23-9-11-29(2,3)12-10-23)30(4,5)34-15-13-33(14-16-34)17-18-36-6/h7-9,20-21H,10-19H2,1-6H3,(H,31,32). The summed E-state index contributed by atoms with van der Waals surface area (Å²) in [5.41, 5.74) is 6.21. The number of imidazole rings is 1. The number of carbonyl (C=O) groups excluding carboxylic acids is 1. The molecule has 1 aromatic heterocycles. The molecule has 0 unspecified atom stereocenters. The van der Waals surface area contributed by atoms with Crippen molar-refractivity contribution < 1.29 is 9.53 Å². The summed E-state index contributed by atoms with van der Waals surface area (Å²) in [6, 6.07) is 6.80. The van der Waals surface area contributed by atoms with E-state index in [0.717, 1.165) is 63.4 Å². The van der Waals surface area contributed by atoms with Crippen LogP contribution in [0.25, 0.3) is 5.57 Å². The van der Waals surface area contributed by atoms with Crippen LogP contribution in [0.2, 0.25) is 0 Å². The fourth-order valence-electron chi connectivity index (χ4n) is 5.48. The summed E-state index contributed by atoms with van der Waals surface area (Å²) in [4.78, 5) is 25.5. The van der Waals surface area contributed by atoms with E-state index in [0.29, 0.717) is 17.7 Å². The maximum absolute atomic E-state index is 13.1. The van der Waals surface area contributed by atoms with Gasteiger partial charge in [0, 0.05) is 63.7 Å². The molecule has 0 saturated carbocycles. The number of H-pyrrole nitrogens is 1. The number of aromatic amines is 1. The van der Waals surface area contributed by atoms with Gasteiger partial charge in [-0.3, -0.25) is 14.6 Å². The van der Waals surface area contributed by atoms with Crippen molar-refractivity contribution in [2.24, 2.45) is 5.41 Å². The molecular weight excluding hydrogens is 448 g/mol. The Morgan fingerprint density at radius 3 is 2.56 bits per heavy atom. The first kappa shape index (κ1) is 26.8. The Morgan fingerprint density at radius 2 is 1.94 bits per heavy atom. The Morgan fingerprint density at radius 1 is 1.19 bits per heavy atom. The molecule has 6 nitrogen and oxygen atoms in total. The van der Waals surface area contributed by atoms with Crippen LogP contribution in [-0.4, -0.2) is 72.0 Å². The predicted octanol–water partition coefficient (Wildman–Crippen LogP) is 5.24. The van der Waals surface area contributed by atoms with Crippen molar-refractivity contribution in [2.45, 2.75) is 65.8 Å². The maximum atomic E-state index is 13.1. The number of nitrogens with one attached hydrogen (secondary N) is 1. The smallest absolute Gasteiger partial charge is 0.202 e. The summed E-state index contributed by atoms with van der Waals surface area (Å²) in [7, 11) is 1.77. The van der Waals surface area contributed by atoms with E-state index in [-0.39, 0.29) is 11.3 Å². The van der Waals surface area contributed by atoms with Crippen LogP contribution in [-0.2, 0) is 16.7 Å². The summed E-state index contributed by atoms with van der Waals surface area (Å²) in [6.45, 7) is 17.3. The van der Waals surface area contributed by atoms with Crippen LogP contribution < -0.4 is 0 Å². The molecule has 1 N–H and O–H groups in total. The number of piperazine rings is 1. The van der Waals surface area contributed by atoms with Gasteiger partial charge in [0.05, 0.1) is 6.61 Å². The third-order valence-electron chi connectivity index (χ3n) is 8.23. The minimum atomic E-state index is -0.0861. The third kappa shape index (κ3) is 6.16. The van der Waals surface area contributed by atoms with Crippen LogP contribution in [0.1, 0.15) is 80.0 Å². The number of benzene rings is 1. The molecule has 2 aromatic rings. The number of aryl methyl sites for hydroxylation is 1. The van der Waals surface area contributed by atoms with Crippen molar-refractivity contribution in [1.29, 1.82) is 0 Å². The molecule has 1 saturated heterocycles. The highest BCUT2D eigenvalue weighted by molar-refractivity contribution is 5.95. The number of methoxy groups -OCH3 is 1. The summed E-state index contributed by atoms with van der Waals surface area (Å²) in [5, 5.41) is 0. The number of rotatable bonds is 9. The first-order chi connectivity index (χ1) is 17.1. The monoisotopic (exact) mass is 492 g/mol. The molecule has 1 fully saturated rings. The quantitative estimate of drug-likeness (QED) is 0.485. The zero-order chi connectivity index (χ0) is 25.9. The number of ether oxygens (including phenoxy) is 1. The predicted molar refractivity (Wildman–Crippen MR) is 146 cm³/mol. The second kappa shape index (κ2) is 11.0. The molecule has 0 radical (unpaired) electrons. The summed E-state index contributed by atoms with van der Waals surface area (Å²) in [6.07, 6.45) is 7.79. The number of hydrogen-bond donors (Lipinski definition) is 1. The lowest BCUT2D eigenvalue weighted by atomic mass is 9.75. The van der Waals surface area contributed by atoms with E-state index >= 15 is 0 Å². The van der Waals surface area contributed by atoms with Crippen LogP contribution in [0.4, 0.5) is 0 Å². The van der Waals surface area contributed by atoms with Crippen molar-refractivity contribution in [3.05, 3.63) is 58.7 Å². The minimum absolute atomic E-state index is 0.0419. The topological polar surface area (TPSA) is 61.5 Å². The summed E-state index contributed by atoms with van der Waals surface area (Å²) in [5.74, 6) is 0.494. The fourth-order valence-corrected chi connectivity index (χ4v) is 5.48. The van der Waals surface area contributed by atoms with Crippen molar-refractivity contribution in [2.75, 3.05) is 46.4 Å². The van der Waals surface area contributed by atoms with Gasteiger partial charge in [0.25, 0.3) is 0 Å². The van der Waals surface area contributed by atoms with Gasteiger partial charge in [-0.1, -0.05) is 32.1 Å². The molecule has 196 valence electrons. The van der Waals surface area contributed by atoms with Crippen LogP contribution in [0, 0.1) is 12.3 Å². The highest BCUT2D eigenvalue weighted by atomic mass is 16.5. The molecule has 6 heteroatoms. The van der Waals surface area contributed by atoms with Crippen LogP contribution in [0.3, 0.4) is 0 Å². The zero-order valence-corrected chi connectivity index (χ0v) is 23.1. The van der Waals surface area contributed by atoms with Gasteiger partial charge in [-0.2, -0.15) is 0 Å². The van der Waals surface area contributed by atoms with E-state index < -0.39 is 0 Å². The normalized spacial score (nSPS) is 19.3. The van der Waals surface area contributed by atoms with Gasteiger partial charge >= 0.3 is 0 Å². The molecule has 2 heterocycles. The Bertz CT molecular complexity index is 1090. The zero-order valence-electron chi connectivity index (χ0n) is 23.1. The highest BCUT2D eigenvalue weighted by Gasteiger charge is 2.32. The molecule has 0 atom stereocenters. The van der Waals surface area contributed by atoms with Crippen LogP contribution in [0.5, 0.6) is 0 Å². The number of Topliss-reactive ketones (excluding diaryl/α,β-unsaturated/α-hetero) is 1. The van der Waals surface area contributed by atoms with Crippen molar-refractivity contribution in [3.63, 3.8) is 0 Å². The van der Waals surface area contributed by atoms with Gasteiger partial charge in [0.15, 0.2) is 5.82 Å². The Balaban J connectivity index is 1.60. The van der Waals surface area contributed by atoms with Gasteiger partial charge < -0.3 is 9.72 Å². The van der Waals surface area contributed by atoms with E-state index in [4.69, 9.17) is 4.74 Å². The maximum Gasteiger partial charge on any atom is 0.202 e. The lowest BCUT2D eigenvalue weighted by molar-refractivity contribution is 0.0396. The largest absolute Gasteiger partial charge is 0.383 e. The Labute approximate surface area is 217 Å². The van der Waals surface area contributed by atoms with E-state index in [1.165, 1.54) is 23.1 Å². The van der Waals surface area contributed by atoms with Crippen LogP contribution >= 0.6 is 0 Å². The molecule has 4 rings (SSSR count). The Kier molecular flexibility index (Phi) is 8.18. The van der Waals surface area contributed by atoms with E-state index in [1.54, 1.807) is 13.3 Å². The first-order valence-electron chi connectivity index (χ1n) is 13.4. The van der Waals surface area contributed by atoms with Crippen molar-refractivity contribution in [3.8, 4) is 0 Å². The number of ketones is 1. The number of nitrogens with zero attached hydrogens (tertiary/aromatic N) is 3. The molecule has 36 heavy (non-hydrogen) atoms. The van der Waals surface area contributed by atoms with Crippen molar-refractivity contribution >= 4 is 11.4 Å². The molecule has 1 aliphatic carbocycles. The SMILES string of the molecule is COCCN1CCN(C(C)(C)c2ccc(CC(=O)c3ncc(C)[nH]3)c(C3=CCC(C)(C)CC3)c2)CC1. The highest BCUT2D eigenvalue weighted by Crippen LogP contribution is 2.40. The molecule has 2 aliphatic rings. The lowest BCUT2D eigenvalue weighted by Crippen LogP contribution is -2.53. The van der Waals surface area contributed by atoms with Gasteiger partial charge in [-0.25, -0.2) is 4.98 Å². The molecule has 1 aliphatic heterocycles. The third-order valence-corrected chi connectivity index (χ3v) is 8.23. The average molecular weight is 493 g/mol. The van der Waals surface area contributed by atoms with Gasteiger partial charge in [0.1, 0.15) is 0 Å². The molecular formula is C30H44N4O2. The van der Waals surface area contributed by atoms with E-state index in [1.807, 2.05) is 6.92 Å². The number of allylic oxidation sites excluding steroid dienone is 2. The lowest BCUT2D eigenvalue weighted by Gasteiger charge is -2.44. The first-order valence-corrected chi connectivity index (χ1v) is 13.4. The molecule has 0 bridgehead atoms. The molecule has 0 spiro atoms. The number of aromatic nitrogens is 2.